The fraction of sp³-hybridized carbons (Fsp3) is 0.172. The van der Waals surface area contributed by atoms with Gasteiger partial charge in [0.15, 0.2) is 16.7 Å². The molecular formula is C29H27BrN2O3S. The molecule has 5 nitrogen and oxygen atoms in total. The Hall–Kier alpha value is -3.29. The SMILES string of the molecule is C=CCOc1c(Br)cc(C=C2SC(=Nc3ccccc3C)N(c3ccccc3C)C2=O)cc1OCC. The summed E-state index contributed by atoms with van der Waals surface area (Å²) in [6.45, 7) is 10.5. The van der Waals surface area contributed by atoms with Gasteiger partial charge in [-0.3, -0.25) is 9.69 Å². The highest BCUT2D eigenvalue weighted by Crippen LogP contribution is 2.41. The van der Waals surface area contributed by atoms with E-state index in [9.17, 15) is 4.79 Å². The molecule has 1 saturated heterocycles. The van der Waals surface area contributed by atoms with E-state index in [1.165, 1.54) is 11.8 Å². The maximum atomic E-state index is 13.7. The van der Waals surface area contributed by atoms with E-state index in [0.29, 0.717) is 34.8 Å². The first-order valence-corrected chi connectivity index (χ1v) is 13.2. The lowest BCUT2D eigenvalue weighted by atomic mass is 10.1. The van der Waals surface area contributed by atoms with Crippen LogP contribution in [0.2, 0.25) is 0 Å². The van der Waals surface area contributed by atoms with Crippen LogP contribution in [0.5, 0.6) is 11.5 Å². The third-order valence-corrected chi connectivity index (χ3v) is 7.03. The summed E-state index contributed by atoms with van der Waals surface area (Å²) >= 11 is 4.95. The second-order valence-corrected chi connectivity index (χ2v) is 9.94. The van der Waals surface area contributed by atoms with Gasteiger partial charge in [-0.2, -0.15) is 0 Å². The Balaban J connectivity index is 1.79. The number of hydrogen-bond acceptors (Lipinski definition) is 5. The Kier molecular flexibility index (Phi) is 8.33. The molecule has 7 heteroatoms. The van der Waals surface area contributed by atoms with Crippen molar-refractivity contribution in [1.29, 1.82) is 0 Å². The van der Waals surface area contributed by atoms with E-state index in [1.807, 2.05) is 87.5 Å². The molecule has 184 valence electrons. The Morgan fingerprint density at radius 3 is 2.47 bits per heavy atom. The molecule has 0 atom stereocenters. The van der Waals surface area contributed by atoms with Crippen LogP contribution in [-0.4, -0.2) is 24.3 Å². The Morgan fingerprint density at radius 2 is 1.78 bits per heavy atom. The molecule has 1 heterocycles. The predicted octanol–water partition coefficient (Wildman–Crippen LogP) is 7.84. The fourth-order valence-corrected chi connectivity index (χ4v) is 5.30. The van der Waals surface area contributed by atoms with Crippen molar-refractivity contribution in [2.24, 2.45) is 4.99 Å². The molecule has 1 aliphatic heterocycles. The Labute approximate surface area is 224 Å². The van der Waals surface area contributed by atoms with Crippen LogP contribution >= 0.6 is 27.7 Å². The number of anilines is 1. The van der Waals surface area contributed by atoms with Crippen molar-refractivity contribution < 1.29 is 14.3 Å². The van der Waals surface area contributed by atoms with E-state index in [1.54, 1.807) is 11.0 Å². The molecule has 3 aromatic rings. The van der Waals surface area contributed by atoms with Crippen molar-refractivity contribution >= 4 is 56.2 Å². The summed E-state index contributed by atoms with van der Waals surface area (Å²) in [6.07, 6.45) is 3.55. The predicted molar refractivity (Wildman–Crippen MR) is 154 cm³/mol. The average Bonchev–Trinajstić information content (AvgIpc) is 3.15. The monoisotopic (exact) mass is 562 g/mol. The maximum absolute atomic E-state index is 13.7. The van der Waals surface area contributed by atoms with Crippen LogP contribution in [0.25, 0.3) is 6.08 Å². The van der Waals surface area contributed by atoms with Gasteiger partial charge in [0, 0.05) is 0 Å². The highest BCUT2D eigenvalue weighted by molar-refractivity contribution is 9.10. The van der Waals surface area contributed by atoms with Gasteiger partial charge in [-0.1, -0.05) is 49.1 Å². The van der Waals surface area contributed by atoms with Crippen molar-refractivity contribution in [3.05, 3.63) is 99.4 Å². The number of ether oxygens (including phenoxy) is 2. The fourth-order valence-electron chi connectivity index (χ4n) is 3.74. The van der Waals surface area contributed by atoms with Crippen LogP contribution < -0.4 is 14.4 Å². The van der Waals surface area contributed by atoms with Crippen LogP contribution in [-0.2, 0) is 4.79 Å². The van der Waals surface area contributed by atoms with Gasteiger partial charge in [0.05, 0.1) is 27.4 Å². The van der Waals surface area contributed by atoms with E-state index in [0.717, 1.165) is 32.5 Å². The lowest BCUT2D eigenvalue weighted by Gasteiger charge is -2.18. The minimum atomic E-state index is -0.122. The highest BCUT2D eigenvalue weighted by atomic mass is 79.9. The largest absolute Gasteiger partial charge is 0.490 e. The number of carbonyl (C=O) groups is 1. The summed E-state index contributed by atoms with van der Waals surface area (Å²) in [4.78, 5) is 20.9. The topological polar surface area (TPSA) is 51.1 Å². The third kappa shape index (κ3) is 5.58. The molecule has 4 rings (SSSR count). The summed E-state index contributed by atoms with van der Waals surface area (Å²) in [5.74, 6) is 1.08. The Bertz CT molecular complexity index is 1370. The third-order valence-electron chi connectivity index (χ3n) is 5.47. The number of carbonyl (C=O) groups excluding carboxylic acids is 1. The number of rotatable bonds is 8. The molecular weight excluding hydrogens is 536 g/mol. The molecule has 0 radical (unpaired) electrons. The zero-order valence-corrected chi connectivity index (χ0v) is 22.9. The molecule has 0 bridgehead atoms. The van der Waals surface area contributed by atoms with Crippen molar-refractivity contribution in [2.75, 3.05) is 18.1 Å². The molecule has 36 heavy (non-hydrogen) atoms. The van der Waals surface area contributed by atoms with Gasteiger partial charge in [0.25, 0.3) is 5.91 Å². The van der Waals surface area contributed by atoms with Gasteiger partial charge in [0.1, 0.15) is 6.61 Å². The van der Waals surface area contributed by atoms with Crippen LogP contribution in [0.3, 0.4) is 0 Å². The molecule has 1 amide bonds. The molecule has 3 aromatic carbocycles. The number of amidine groups is 1. The van der Waals surface area contributed by atoms with Crippen LogP contribution in [0, 0.1) is 13.8 Å². The number of benzene rings is 3. The molecule has 0 N–H and O–H groups in total. The standard InChI is InChI=1S/C29H27BrN2O3S/c1-5-15-35-27-22(30)16-21(17-25(27)34-6-2)18-26-28(33)32(24-14-10-8-12-20(24)4)29(36-26)31-23-13-9-7-11-19(23)3/h5,7-14,16-18H,1,6,15H2,2-4H3. The summed E-state index contributed by atoms with van der Waals surface area (Å²) < 4.78 is 12.3. The minimum absolute atomic E-state index is 0.122. The number of amides is 1. The summed E-state index contributed by atoms with van der Waals surface area (Å²) in [7, 11) is 0. The zero-order chi connectivity index (χ0) is 25.7. The number of thioether (sulfide) groups is 1. The van der Waals surface area contributed by atoms with Crippen LogP contribution in [0.15, 0.2) is 87.7 Å². The summed E-state index contributed by atoms with van der Waals surface area (Å²) in [5, 5.41) is 0.616. The smallest absolute Gasteiger partial charge is 0.271 e. The van der Waals surface area contributed by atoms with Gasteiger partial charge in [0.2, 0.25) is 0 Å². The molecule has 0 aromatic heterocycles. The van der Waals surface area contributed by atoms with E-state index in [2.05, 4.69) is 22.5 Å². The number of hydrogen-bond donors (Lipinski definition) is 0. The molecule has 1 fully saturated rings. The van der Waals surface area contributed by atoms with E-state index in [-0.39, 0.29) is 5.91 Å². The number of halogens is 1. The molecule has 0 saturated carbocycles. The lowest BCUT2D eigenvalue weighted by Crippen LogP contribution is -2.29. The average molecular weight is 564 g/mol. The molecule has 0 aliphatic carbocycles. The molecule has 1 aliphatic rings. The van der Waals surface area contributed by atoms with Crippen molar-refractivity contribution in [3.63, 3.8) is 0 Å². The summed E-state index contributed by atoms with van der Waals surface area (Å²) in [5.41, 5.74) is 4.50. The first-order chi connectivity index (χ1) is 17.4. The van der Waals surface area contributed by atoms with Crippen LogP contribution in [0.1, 0.15) is 23.6 Å². The maximum Gasteiger partial charge on any atom is 0.271 e. The lowest BCUT2D eigenvalue weighted by molar-refractivity contribution is -0.113. The number of para-hydroxylation sites is 2. The first kappa shape index (κ1) is 25.8. The minimum Gasteiger partial charge on any atom is -0.490 e. The van der Waals surface area contributed by atoms with E-state index in [4.69, 9.17) is 14.5 Å². The van der Waals surface area contributed by atoms with E-state index >= 15 is 0 Å². The second-order valence-electron chi connectivity index (χ2n) is 8.08. The molecule has 0 spiro atoms. The van der Waals surface area contributed by atoms with Gasteiger partial charge >= 0.3 is 0 Å². The number of aryl methyl sites for hydroxylation is 2. The van der Waals surface area contributed by atoms with Gasteiger partial charge in [-0.15, -0.1) is 0 Å². The molecule has 0 unspecified atom stereocenters. The second kappa shape index (κ2) is 11.6. The quantitative estimate of drug-likeness (QED) is 0.207. The van der Waals surface area contributed by atoms with Crippen LogP contribution in [0.4, 0.5) is 11.4 Å². The summed E-state index contributed by atoms with van der Waals surface area (Å²) in [6, 6.07) is 19.5. The van der Waals surface area contributed by atoms with Crippen molar-refractivity contribution in [2.45, 2.75) is 20.8 Å². The zero-order valence-electron chi connectivity index (χ0n) is 20.5. The van der Waals surface area contributed by atoms with Gasteiger partial charge in [-0.25, -0.2) is 4.99 Å². The van der Waals surface area contributed by atoms with Crippen molar-refractivity contribution in [3.8, 4) is 11.5 Å². The van der Waals surface area contributed by atoms with E-state index < -0.39 is 0 Å². The van der Waals surface area contributed by atoms with Gasteiger partial charge in [-0.05, 0) is 95.5 Å². The number of nitrogens with zero attached hydrogens (tertiary/aromatic N) is 2. The highest BCUT2D eigenvalue weighted by Gasteiger charge is 2.35. The normalized spacial score (nSPS) is 15.6. The first-order valence-electron chi connectivity index (χ1n) is 11.6. The Morgan fingerprint density at radius 1 is 1.06 bits per heavy atom. The van der Waals surface area contributed by atoms with Crippen molar-refractivity contribution in [1.82, 2.24) is 0 Å². The number of aliphatic imine (C=N–C) groups is 1. The van der Waals surface area contributed by atoms with Gasteiger partial charge < -0.3 is 9.47 Å².